The number of carbonyl (C=O) groups excluding carboxylic acids is 1. The van der Waals surface area contributed by atoms with Gasteiger partial charge in [-0.25, -0.2) is 4.79 Å². The second kappa shape index (κ2) is 7.14. The molecular formula is C15H22O4. The average molecular weight is 266 g/mol. The van der Waals surface area contributed by atoms with Crippen LogP contribution in [0.3, 0.4) is 0 Å². The third kappa shape index (κ3) is 4.91. The number of aryl methyl sites for hydroxylation is 1. The van der Waals surface area contributed by atoms with Gasteiger partial charge in [0, 0.05) is 0 Å². The van der Waals surface area contributed by atoms with Gasteiger partial charge in [-0.1, -0.05) is 25.5 Å². The molecule has 0 saturated carbocycles. The van der Waals surface area contributed by atoms with E-state index < -0.39 is 11.6 Å². The van der Waals surface area contributed by atoms with Gasteiger partial charge in [0.05, 0.1) is 7.11 Å². The Kier molecular flexibility index (Phi) is 5.83. The summed E-state index contributed by atoms with van der Waals surface area (Å²) >= 11 is 0. The molecule has 19 heavy (non-hydrogen) atoms. The zero-order valence-electron chi connectivity index (χ0n) is 11.8. The first-order valence-electron chi connectivity index (χ1n) is 6.52. The summed E-state index contributed by atoms with van der Waals surface area (Å²) in [5, 5.41) is 9.82. The van der Waals surface area contributed by atoms with Crippen LogP contribution in [0.2, 0.25) is 0 Å². The number of aliphatic hydroxyl groups is 1. The highest BCUT2D eigenvalue weighted by molar-refractivity contribution is 5.78. The largest absolute Gasteiger partial charge is 0.490 e. The lowest BCUT2D eigenvalue weighted by Crippen LogP contribution is -2.42. The number of carbonyl (C=O) groups is 1. The molecule has 1 aromatic rings. The Morgan fingerprint density at radius 1 is 1.32 bits per heavy atom. The maximum atomic E-state index is 11.3. The number of esters is 1. The molecule has 0 heterocycles. The van der Waals surface area contributed by atoms with Crippen molar-refractivity contribution in [3.8, 4) is 5.75 Å². The van der Waals surface area contributed by atoms with Crippen LogP contribution in [0.25, 0.3) is 0 Å². The standard InChI is InChI=1S/C15H22O4/c1-4-5-6-12-7-9-13(10-8-12)19-11-15(2,17)14(16)18-3/h7-10,17H,4-6,11H2,1-3H3. The maximum Gasteiger partial charge on any atom is 0.341 e. The van der Waals surface area contributed by atoms with Crippen molar-refractivity contribution in [2.24, 2.45) is 0 Å². The fourth-order valence-corrected chi connectivity index (χ4v) is 1.64. The molecule has 1 rings (SSSR count). The molecule has 0 aliphatic carbocycles. The zero-order valence-corrected chi connectivity index (χ0v) is 11.8. The maximum absolute atomic E-state index is 11.3. The Morgan fingerprint density at radius 3 is 2.47 bits per heavy atom. The first-order chi connectivity index (χ1) is 8.99. The van der Waals surface area contributed by atoms with Gasteiger partial charge in [0.25, 0.3) is 0 Å². The molecule has 0 bridgehead atoms. The number of hydrogen-bond donors (Lipinski definition) is 1. The molecule has 0 aromatic heterocycles. The monoisotopic (exact) mass is 266 g/mol. The van der Waals surface area contributed by atoms with E-state index in [0.717, 1.165) is 12.8 Å². The molecule has 0 fully saturated rings. The highest BCUT2D eigenvalue weighted by Gasteiger charge is 2.32. The molecule has 0 amide bonds. The minimum absolute atomic E-state index is 0.131. The third-order valence-corrected chi connectivity index (χ3v) is 2.89. The Bertz CT molecular complexity index is 395. The van der Waals surface area contributed by atoms with Crippen molar-refractivity contribution in [3.05, 3.63) is 29.8 Å². The van der Waals surface area contributed by atoms with E-state index in [2.05, 4.69) is 11.7 Å². The van der Waals surface area contributed by atoms with Crippen molar-refractivity contribution < 1.29 is 19.4 Å². The molecule has 1 atom stereocenters. The van der Waals surface area contributed by atoms with Crippen LogP contribution < -0.4 is 4.74 Å². The normalized spacial score (nSPS) is 13.7. The fourth-order valence-electron chi connectivity index (χ4n) is 1.64. The van der Waals surface area contributed by atoms with Crippen LogP contribution in [0.1, 0.15) is 32.3 Å². The highest BCUT2D eigenvalue weighted by Crippen LogP contribution is 2.16. The predicted molar refractivity (Wildman–Crippen MR) is 73.2 cm³/mol. The third-order valence-electron chi connectivity index (χ3n) is 2.89. The van der Waals surface area contributed by atoms with Gasteiger partial charge in [-0.2, -0.15) is 0 Å². The smallest absolute Gasteiger partial charge is 0.341 e. The molecule has 106 valence electrons. The van der Waals surface area contributed by atoms with Crippen LogP contribution in [0.5, 0.6) is 5.75 Å². The van der Waals surface area contributed by atoms with Crippen LogP contribution in [0, 0.1) is 0 Å². The Labute approximate surface area is 114 Å². The van der Waals surface area contributed by atoms with E-state index in [4.69, 9.17) is 4.74 Å². The van der Waals surface area contributed by atoms with Crippen molar-refractivity contribution in [2.75, 3.05) is 13.7 Å². The van der Waals surface area contributed by atoms with E-state index in [1.807, 2.05) is 24.3 Å². The minimum Gasteiger partial charge on any atom is -0.490 e. The summed E-state index contributed by atoms with van der Waals surface area (Å²) in [4.78, 5) is 11.3. The first-order valence-corrected chi connectivity index (χ1v) is 6.52. The molecule has 1 N–H and O–H groups in total. The van der Waals surface area contributed by atoms with Crippen molar-refractivity contribution in [1.29, 1.82) is 0 Å². The Balaban J connectivity index is 2.52. The quantitative estimate of drug-likeness (QED) is 0.770. The zero-order chi connectivity index (χ0) is 14.3. The fraction of sp³-hybridized carbons (Fsp3) is 0.533. The van der Waals surface area contributed by atoms with E-state index >= 15 is 0 Å². The Morgan fingerprint density at radius 2 is 1.95 bits per heavy atom. The number of benzene rings is 1. The molecule has 1 aromatic carbocycles. The molecule has 0 aliphatic rings. The molecule has 0 spiro atoms. The van der Waals surface area contributed by atoms with Crippen molar-refractivity contribution in [2.45, 2.75) is 38.7 Å². The lowest BCUT2D eigenvalue weighted by molar-refractivity contribution is -0.163. The summed E-state index contributed by atoms with van der Waals surface area (Å²) in [7, 11) is 1.24. The topological polar surface area (TPSA) is 55.8 Å². The lowest BCUT2D eigenvalue weighted by Gasteiger charge is -2.20. The molecule has 0 saturated heterocycles. The SMILES string of the molecule is CCCCc1ccc(OCC(C)(O)C(=O)OC)cc1. The minimum atomic E-state index is -1.63. The molecular weight excluding hydrogens is 244 g/mol. The van der Waals surface area contributed by atoms with Crippen LogP contribution >= 0.6 is 0 Å². The van der Waals surface area contributed by atoms with E-state index in [9.17, 15) is 9.90 Å². The number of hydrogen-bond acceptors (Lipinski definition) is 4. The van der Waals surface area contributed by atoms with E-state index in [0.29, 0.717) is 5.75 Å². The molecule has 4 heteroatoms. The first kappa shape index (κ1) is 15.5. The lowest BCUT2D eigenvalue weighted by atomic mass is 10.1. The van der Waals surface area contributed by atoms with Crippen molar-refractivity contribution >= 4 is 5.97 Å². The van der Waals surface area contributed by atoms with Gasteiger partial charge in [-0.3, -0.25) is 0 Å². The van der Waals surface area contributed by atoms with Crippen LogP contribution in [0.4, 0.5) is 0 Å². The number of ether oxygens (including phenoxy) is 2. The summed E-state index contributed by atoms with van der Waals surface area (Å²) in [6.45, 7) is 3.40. The summed E-state index contributed by atoms with van der Waals surface area (Å²) in [5.74, 6) is -0.0727. The molecule has 4 nitrogen and oxygen atoms in total. The average Bonchev–Trinajstić information content (AvgIpc) is 2.43. The van der Waals surface area contributed by atoms with Gasteiger partial charge in [0.15, 0.2) is 5.60 Å². The number of methoxy groups -OCH3 is 1. The van der Waals surface area contributed by atoms with E-state index in [1.54, 1.807) is 0 Å². The number of unbranched alkanes of at least 4 members (excludes halogenated alkanes) is 1. The summed E-state index contributed by atoms with van der Waals surface area (Å²) < 4.78 is 9.90. The highest BCUT2D eigenvalue weighted by atomic mass is 16.6. The number of rotatable bonds is 7. The van der Waals surface area contributed by atoms with Gasteiger partial charge in [0.2, 0.25) is 0 Å². The predicted octanol–water partition coefficient (Wildman–Crippen LogP) is 2.33. The van der Waals surface area contributed by atoms with Crippen molar-refractivity contribution in [3.63, 3.8) is 0 Å². The second-order valence-corrected chi connectivity index (χ2v) is 4.80. The van der Waals surface area contributed by atoms with Gasteiger partial charge in [-0.15, -0.1) is 0 Å². The van der Waals surface area contributed by atoms with Crippen molar-refractivity contribution in [1.82, 2.24) is 0 Å². The molecule has 1 unspecified atom stereocenters. The van der Waals surface area contributed by atoms with Crippen LogP contribution in [-0.2, 0) is 16.0 Å². The van der Waals surface area contributed by atoms with E-state index in [-0.39, 0.29) is 6.61 Å². The summed E-state index contributed by atoms with van der Waals surface area (Å²) in [6, 6.07) is 7.69. The second-order valence-electron chi connectivity index (χ2n) is 4.80. The van der Waals surface area contributed by atoms with Gasteiger partial charge in [0.1, 0.15) is 12.4 Å². The molecule has 0 radical (unpaired) electrons. The van der Waals surface area contributed by atoms with Crippen LogP contribution in [0.15, 0.2) is 24.3 Å². The molecule has 0 aliphatic heterocycles. The summed E-state index contributed by atoms with van der Waals surface area (Å²) in [5.41, 5.74) is -0.371. The van der Waals surface area contributed by atoms with Gasteiger partial charge in [-0.05, 0) is 37.5 Å². The Hall–Kier alpha value is -1.55. The van der Waals surface area contributed by atoms with Crippen LogP contribution in [-0.4, -0.2) is 30.4 Å². The van der Waals surface area contributed by atoms with E-state index in [1.165, 1.54) is 26.0 Å². The van der Waals surface area contributed by atoms with Gasteiger partial charge >= 0.3 is 5.97 Å². The van der Waals surface area contributed by atoms with Gasteiger partial charge < -0.3 is 14.6 Å². The summed E-state index contributed by atoms with van der Waals surface area (Å²) in [6.07, 6.45) is 3.38.